The molecule has 0 aromatic heterocycles. The summed E-state index contributed by atoms with van der Waals surface area (Å²) in [6.45, 7) is 0.408. The van der Waals surface area contributed by atoms with Crippen molar-refractivity contribution in [1.82, 2.24) is 0 Å². The molecule has 1 spiro atoms. The number of carbonyl (C=O) groups is 2. The monoisotopic (exact) mass is 499 g/mol. The fourth-order valence-electron chi connectivity index (χ4n) is 4.55. The van der Waals surface area contributed by atoms with Crippen LogP contribution in [0.25, 0.3) is 0 Å². The van der Waals surface area contributed by atoms with Gasteiger partial charge in [-0.05, 0) is 24.1 Å². The highest BCUT2D eigenvalue weighted by molar-refractivity contribution is 5.89. The lowest BCUT2D eigenvalue weighted by Gasteiger charge is -2.47. The highest BCUT2D eigenvalue weighted by Crippen LogP contribution is 2.41. The lowest BCUT2D eigenvalue weighted by Crippen LogP contribution is -2.53. The Morgan fingerprint density at radius 2 is 1.86 bits per heavy atom. The molecular formula is C26H29NO9. The van der Waals surface area contributed by atoms with Crippen LogP contribution in [0, 0.1) is 10.1 Å². The van der Waals surface area contributed by atoms with Crippen molar-refractivity contribution >= 4 is 17.6 Å². The quantitative estimate of drug-likeness (QED) is 0.297. The summed E-state index contributed by atoms with van der Waals surface area (Å²) in [5.41, 5.74) is 1.09. The number of ether oxygens (including phenoxy) is 5. The van der Waals surface area contributed by atoms with E-state index in [2.05, 4.69) is 0 Å². The zero-order chi connectivity index (χ0) is 25.5. The van der Waals surface area contributed by atoms with Gasteiger partial charge in [-0.25, -0.2) is 4.79 Å². The van der Waals surface area contributed by atoms with Gasteiger partial charge < -0.3 is 23.7 Å². The summed E-state index contributed by atoms with van der Waals surface area (Å²) in [6.07, 6.45) is 1.10. The highest BCUT2D eigenvalue weighted by atomic mass is 16.8. The number of nitro benzene ring substituents is 1. The second-order valence-corrected chi connectivity index (χ2v) is 8.94. The molecule has 0 bridgehead atoms. The molecule has 0 saturated carbocycles. The molecule has 192 valence electrons. The van der Waals surface area contributed by atoms with E-state index in [9.17, 15) is 19.7 Å². The van der Waals surface area contributed by atoms with Gasteiger partial charge in [0, 0.05) is 37.8 Å². The molecule has 10 heteroatoms. The van der Waals surface area contributed by atoms with Gasteiger partial charge >= 0.3 is 11.9 Å². The second kappa shape index (κ2) is 11.6. The number of hydrogen-bond donors (Lipinski definition) is 0. The Balaban J connectivity index is 1.43. The van der Waals surface area contributed by atoms with Gasteiger partial charge in [0.25, 0.3) is 5.69 Å². The van der Waals surface area contributed by atoms with Gasteiger partial charge in [0.05, 0.1) is 42.8 Å². The molecule has 4 rings (SSSR count). The Bertz CT molecular complexity index is 1060. The fourth-order valence-corrected chi connectivity index (χ4v) is 4.55. The van der Waals surface area contributed by atoms with Crippen molar-refractivity contribution < 1.29 is 38.2 Å². The van der Waals surface area contributed by atoms with Crippen LogP contribution in [0.3, 0.4) is 0 Å². The van der Waals surface area contributed by atoms with Crippen molar-refractivity contribution in [2.75, 3.05) is 7.11 Å². The molecule has 2 aromatic carbocycles. The van der Waals surface area contributed by atoms with E-state index in [0.29, 0.717) is 38.7 Å². The van der Waals surface area contributed by atoms with Gasteiger partial charge in [-0.1, -0.05) is 30.3 Å². The third-order valence-electron chi connectivity index (χ3n) is 6.29. The number of benzene rings is 2. The van der Waals surface area contributed by atoms with E-state index < -0.39 is 35.0 Å². The maximum absolute atomic E-state index is 12.6. The largest absolute Gasteiger partial charge is 0.469 e. The first-order valence-corrected chi connectivity index (χ1v) is 11.9. The van der Waals surface area contributed by atoms with Crippen LogP contribution in [0.4, 0.5) is 5.69 Å². The van der Waals surface area contributed by atoms with Gasteiger partial charge in [0.2, 0.25) is 6.29 Å². The summed E-state index contributed by atoms with van der Waals surface area (Å²) in [7, 11) is 1.33. The van der Waals surface area contributed by atoms with E-state index in [1.54, 1.807) is 0 Å². The lowest BCUT2D eigenvalue weighted by molar-refractivity contribution is -0.384. The van der Waals surface area contributed by atoms with Gasteiger partial charge in [-0.2, -0.15) is 0 Å². The number of esters is 2. The predicted molar refractivity (Wildman–Crippen MR) is 126 cm³/mol. The van der Waals surface area contributed by atoms with E-state index in [0.717, 1.165) is 5.56 Å². The number of hydrogen-bond acceptors (Lipinski definition) is 9. The second-order valence-electron chi connectivity index (χ2n) is 8.94. The molecule has 4 atom stereocenters. The van der Waals surface area contributed by atoms with Crippen LogP contribution < -0.4 is 0 Å². The van der Waals surface area contributed by atoms with Crippen LogP contribution in [0.15, 0.2) is 54.6 Å². The molecule has 10 nitrogen and oxygen atoms in total. The third kappa shape index (κ3) is 6.66. The Hall–Kier alpha value is -3.34. The number of methoxy groups -OCH3 is 1. The van der Waals surface area contributed by atoms with Gasteiger partial charge in [0.15, 0.2) is 5.79 Å². The molecule has 0 aliphatic carbocycles. The van der Waals surface area contributed by atoms with Crippen LogP contribution in [-0.4, -0.2) is 48.3 Å². The average molecular weight is 500 g/mol. The van der Waals surface area contributed by atoms with Crippen molar-refractivity contribution in [3.05, 3.63) is 75.8 Å². The summed E-state index contributed by atoms with van der Waals surface area (Å²) in [6, 6.07) is 15.0. The van der Waals surface area contributed by atoms with E-state index >= 15 is 0 Å². The molecule has 0 amide bonds. The fraction of sp³-hybridized carbons (Fsp3) is 0.462. The summed E-state index contributed by atoms with van der Waals surface area (Å²) in [5.74, 6) is -2.11. The molecule has 2 aliphatic heterocycles. The first kappa shape index (κ1) is 25.7. The maximum atomic E-state index is 12.6. The number of carbonyl (C=O) groups excluding carboxylic acids is 2. The van der Waals surface area contributed by atoms with Crippen molar-refractivity contribution in [1.29, 1.82) is 0 Å². The number of rotatable bonds is 8. The maximum Gasteiger partial charge on any atom is 0.340 e. The molecule has 1 unspecified atom stereocenters. The van der Waals surface area contributed by atoms with Crippen LogP contribution in [0.5, 0.6) is 0 Å². The minimum atomic E-state index is -1.07. The predicted octanol–water partition coefficient (Wildman–Crippen LogP) is 4.30. The average Bonchev–Trinajstić information content (AvgIpc) is 2.88. The van der Waals surface area contributed by atoms with Gasteiger partial charge in [0.1, 0.15) is 0 Å². The van der Waals surface area contributed by atoms with Crippen molar-refractivity contribution in [3.63, 3.8) is 0 Å². The minimum absolute atomic E-state index is 0.0556. The number of nitro groups is 1. The molecule has 2 aliphatic rings. The van der Waals surface area contributed by atoms with Gasteiger partial charge in [-0.3, -0.25) is 14.9 Å². The van der Waals surface area contributed by atoms with Crippen LogP contribution in [-0.2, 0) is 35.1 Å². The topological polar surface area (TPSA) is 123 Å². The van der Waals surface area contributed by atoms with Crippen LogP contribution >= 0.6 is 0 Å². The Kier molecular flexibility index (Phi) is 8.29. The zero-order valence-electron chi connectivity index (χ0n) is 20.0. The van der Waals surface area contributed by atoms with Gasteiger partial charge in [-0.15, -0.1) is 0 Å². The highest BCUT2D eigenvalue weighted by Gasteiger charge is 2.47. The van der Waals surface area contributed by atoms with E-state index in [4.69, 9.17) is 23.7 Å². The standard InChI is InChI=1S/C26H29NO9/c1-32-23(28)15-21-14-22(33-17-18-6-3-2-4-7-18)16-26(35-21)13-5-8-24(36-26)34-25(29)19-9-11-20(12-10-19)27(30)31/h2-4,6-7,9-12,21-22,24H,5,8,13-17H2,1H3/t21-,22-,24?,26-/m1/s1. The molecule has 2 saturated heterocycles. The number of non-ortho nitro benzene ring substituents is 1. The van der Waals surface area contributed by atoms with Crippen molar-refractivity contribution in [2.24, 2.45) is 0 Å². The Morgan fingerprint density at radius 3 is 2.56 bits per heavy atom. The van der Waals surface area contributed by atoms with Crippen molar-refractivity contribution in [3.8, 4) is 0 Å². The molecule has 0 N–H and O–H groups in total. The molecule has 0 radical (unpaired) electrons. The summed E-state index contributed by atoms with van der Waals surface area (Å²) in [5, 5.41) is 10.9. The molecular weight excluding hydrogens is 470 g/mol. The Morgan fingerprint density at radius 1 is 1.11 bits per heavy atom. The van der Waals surface area contributed by atoms with Crippen molar-refractivity contribution in [2.45, 2.75) is 69.4 Å². The lowest BCUT2D eigenvalue weighted by atomic mass is 9.91. The normalized spacial score (nSPS) is 25.8. The molecule has 2 heterocycles. The van der Waals surface area contributed by atoms with Crippen LogP contribution in [0.2, 0.25) is 0 Å². The molecule has 2 aromatic rings. The first-order chi connectivity index (χ1) is 17.4. The first-order valence-electron chi connectivity index (χ1n) is 11.9. The summed E-state index contributed by atoms with van der Waals surface area (Å²) >= 11 is 0. The zero-order valence-corrected chi connectivity index (χ0v) is 20.0. The minimum Gasteiger partial charge on any atom is -0.469 e. The SMILES string of the molecule is COC(=O)C[C@H]1C[C@@H](OCc2ccccc2)C[C@]2(CCCC(OC(=O)c3ccc([N+](=O)[O-])cc3)O2)O1. The molecule has 2 fully saturated rings. The summed E-state index contributed by atoms with van der Waals surface area (Å²) in [4.78, 5) is 34.9. The number of nitrogens with zero attached hydrogens (tertiary/aromatic N) is 1. The van der Waals surface area contributed by atoms with E-state index in [1.165, 1.54) is 31.4 Å². The molecule has 36 heavy (non-hydrogen) atoms. The van der Waals surface area contributed by atoms with Crippen LogP contribution in [0.1, 0.15) is 54.4 Å². The summed E-state index contributed by atoms with van der Waals surface area (Å²) < 4.78 is 29.0. The smallest absolute Gasteiger partial charge is 0.340 e. The Labute approximate surface area is 208 Å². The third-order valence-corrected chi connectivity index (χ3v) is 6.29. The van der Waals surface area contributed by atoms with E-state index in [-0.39, 0.29) is 23.8 Å². The van der Waals surface area contributed by atoms with E-state index in [1.807, 2.05) is 30.3 Å².